The van der Waals surface area contributed by atoms with Crippen molar-refractivity contribution < 1.29 is 4.39 Å². The summed E-state index contributed by atoms with van der Waals surface area (Å²) >= 11 is 0. The van der Waals surface area contributed by atoms with Crippen molar-refractivity contribution in [2.24, 2.45) is 5.73 Å². The molecule has 2 nitrogen and oxygen atoms in total. The molecule has 0 amide bonds. The van der Waals surface area contributed by atoms with E-state index in [1.165, 1.54) is 25.7 Å². The van der Waals surface area contributed by atoms with Crippen LogP contribution in [0.15, 0.2) is 18.2 Å². The fourth-order valence-electron chi connectivity index (χ4n) is 3.26. The first-order chi connectivity index (χ1) is 9.16. The van der Waals surface area contributed by atoms with Gasteiger partial charge >= 0.3 is 0 Å². The summed E-state index contributed by atoms with van der Waals surface area (Å²) in [5, 5.41) is 0. The standard InChI is InChI=1S/C16H23FN2/c1-11-5-6-12(10-14(11)17)16-15(18)4-2-3-9-19(16)13-7-8-13/h5-6,10,13,15-16H,2-4,7-9,18H2,1H3. The van der Waals surface area contributed by atoms with Crippen LogP contribution in [-0.2, 0) is 0 Å². The second kappa shape index (κ2) is 5.22. The van der Waals surface area contributed by atoms with Crippen LogP contribution in [-0.4, -0.2) is 23.5 Å². The maximum Gasteiger partial charge on any atom is 0.126 e. The van der Waals surface area contributed by atoms with Gasteiger partial charge in [0.05, 0.1) is 6.04 Å². The minimum absolute atomic E-state index is 0.107. The molecular formula is C16H23FN2. The number of aryl methyl sites for hydroxylation is 1. The molecule has 2 unspecified atom stereocenters. The molecule has 1 saturated carbocycles. The van der Waals surface area contributed by atoms with Crippen LogP contribution in [0.1, 0.15) is 49.3 Å². The molecule has 3 heteroatoms. The van der Waals surface area contributed by atoms with Crippen molar-refractivity contribution in [1.82, 2.24) is 4.90 Å². The van der Waals surface area contributed by atoms with E-state index in [2.05, 4.69) is 11.0 Å². The number of benzene rings is 1. The first-order valence-corrected chi connectivity index (χ1v) is 7.44. The van der Waals surface area contributed by atoms with Crippen LogP contribution in [0.5, 0.6) is 0 Å². The Morgan fingerprint density at radius 2 is 2.00 bits per heavy atom. The Labute approximate surface area is 114 Å². The molecule has 19 heavy (non-hydrogen) atoms. The van der Waals surface area contributed by atoms with Gasteiger partial charge in [-0.05, 0) is 56.3 Å². The Balaban J connectivity index is 1.93. The number of rotatable bonds is 2. The van der Waals surface area contributed by atoms with E-state index in [0.717, 1.165) is 18.5 Å². The van der Waals surface area contributed by atoms with Gasteiger partial charge in [0.15, 0.2) is 0 Å². The van der Waals surface area contributed by atoms with E-state index in [9.17, 15) is 4.39 Å². The third-order valence-corrected chi connectivity index (χ3v) is 4.52. The number of hydrogen-bond acceptors (Lipinski definition) is 2. The van der Waals surface area contributed by atoms with Crippen molar-refractivity contribution in [2.45, 2.75) is 57.2 Å². The molecule has 2 N–H and O–H groups in total. The van der Waals surface area contributed by atoms with Crippen molar-refractivity contribution in [1.29, 1.82) is 0 Å². The Morgan fingerprint density at radius 1 is 1.21 bits per heavy atom. The third kappa shape index (κ3) is 2.67. The lowest BCUT2D eigenvalue weighted by atomic mass is 9.95. The summed E-state index contributed by atoms with van der Waals surface area (Å²) in [5.74, 6) is -0.107. The van der Waals surface area contributed by atoms with E-state index in [4.69, 9.17) is 5.73 Å². The number of likely N-dealkylation sites (tertiary alicyclic amines) is 1. The highest BCUT2D eigenvalue weighted by atomic mass is 19.1. The Kier molecular flexibility index (Phi) is 3.59. The first kappa shape index (κ1) is 13.1. The zero-order valence-corrected chi connectivity index (χ0v) is 11.6. The van der Waals surface area contributed by atoms with Crippen LogP contribution < -0.4 is 5.73 Å². The van der Waals surface area contributed by atoms with Crippen molar-refractivity contribution >= 4 is 0 Å². The second-order valence-electron chi connectivity index (χ2n) is 6.08. The molecule has 1 aliphatic carbocycles. The SMILES string of the molecule is Cc1ccc(C2C(N)CCCCN2C2CC2)cc1F. The Morgan fingerprint density at radius 3 is 2.68 bits per heavy atom. The summed E-state index contributed by atoms with van der Waals surface area (Å²) in [4.78, 5) is 2.53. The van der Waals surface area contributed by atoms with E-state index in [-0.39, 0.29) is 17.9 Å². The van der Waals surface area contributed by atoms with Crippen molar-refractivity contribution in [3.05, 3.63) is 35.1 Å². The molecule has 3 rings (SSSR count). The van der Waals surface area contributed by atoms with Crippen LogP contribution in [0.3, 0.4) is 0 Å². The van der Waals surface area contributed by atoms with Gasteiger partial charge in [-0.25, -0.2) is 4.39 Å². The summed E-state index contributed by atoms with van der Waals surface area (Å²) in [6.07, 6.45) is 6.00. The number of nitrogens with zero attached hydrogens (tertiary/aromatic N) is 1. The van der Waals surface area contributed by atoms with Crippen molar-refractivity contribution in [3.63, 3.8) is 0 Å². The van der Waals surface area contributed by atoms with Gasteiger partial charge < -0.3 is 5.73 Å². The number of halogens is 1. The van der Waals surface area contributed by atoms with Gasteiger partial charge in [-0.3, -0.25) is 4.90 Å². The maximum atomic E-state index is 13.8. The highest BCUT2D eigenvalue weighted by molar-refractivity contribution is 5.27. The molecule has 2 aliphatic rings. The molecule has 2 fully saturated rings. The second-order valence-corrected chi connectivity index (χ2v) is 6.08. The van der Waals surface area contributed by atoms with Gasteiger partial charge in [0.1, 0.15) is 5.82 Å². The van der Waals surface area contributed by atoms with Gasteiger partial charge in [-0.2, -0.15) is 0 Å². The molecule has 1 heterocycles. The molecule has 1 saturated heterocycles. The van der Waals surface area contributed by atoms with E-state index < -0.39 is 0 Å². The van der Waals surface area contributed by atoms with Gasteiger partial charge in [0, 0.05) is 12.1 Å². The lowest BCUT2D eigenvalue weighted by Crippen LogP contribution is -2.41. The fourth-order valence-corrected chi connectivity index (χ4v) is 3.26. The highest BCUT2D eigenvalue weighted by Gasteiger charge is 2.38. The van der Waals surface area contributed by atoms with Crippen molar-refractivity contribution in [3.8, 4) is 0 Å². The summed E-state index contributed by atoms with van der Waals surface area (Å²) in [7, 11) is 0. The molecule has 1 aromatic carbocycles. The van der Waals surface area contributed by atoms with Gasteiger partial charge in [-0.15, -0.1) is 0 Å². The monoisotopic (exact) mass is 262 g/mol. The zero-order chi connectivity index (χ0) is 13.4. The molecule has 0 radical (unpaired) electrons. The summed E-state index contributed by atoms with van der Waals surface area (Å²) in [6.45, 7) is 2.92. The lowest BCUT2D eigenvalue weighted by Gasteiger charge is -2.34. The van der Waals surface area contributed by atoms with E-state index in [1.54, 1.807) is 6.07 Å². The van der Waals surface area contributed by atoms with Crippen LogP contribution in [0.4, 0.5) is 4.39 Å². The minimum Gasteiger partial charge on any atom is -0.326 e. The zero-order valence-electron chi connectivity index (χ0n) is 11.6. The topological polar surface area (TPSA) is 29.3 Å². The summed E-state index contributed by atoms with van der Waals surface area (Å²) in [5.41, 5.74) is 8.16. The van der Waals surface area contributed by atoms with E-state index in [0.29, 0.717) is 11.6 Å². The molecule has 0 bridgehead atoms. The number of hydrogen-bond donors (Lipinski definition) is 1. The average molecular weight is 262 g/mol. The quantitative estimate of drug-likeness (QED) is 0.887. The van der Waals surface area contributed by atoms with Gasteiger partial charge in [-0.1, -0.05) is 18.6 Å². The van der Waals surface area contributed by atoms with Crippen LogP contribution in [0.2, 0.25) is 0 Å². The van der Waals surface area contributed by atoms with E-state index in [1.807, 2.05) is 13.0 Å². The Hall–Kier alpha value is -0.930. The number of nitrogens with two attached hydrogens (primary N) is 1. The van der Waals surface area contributed by atoms with E-state index >= 15 is 0 Å². The third-order valence-electron chi connectivity index (χ3n) is 4.52. The molecular weight excluding hydrogens is 239 g/mol. The average Bonchev–Trinajstić information content (AvgIpc) is 3.20. The highest BCUT2D eigenvalue weighted by Crippen LogP contribution is 2.38. The maximum absolute atomic E-state index is 13.8. The summed E-state index contributed by atoms with van der Waals surface area (Å²) in [6, 6.07) is 6.64. The normalized spacial score (nSPS) is 29.2. The Bertz CT molecular complexity index is 456. The minimum atomic E-state index is -0.107. The predicted octanol–water partition coefficient (Wildman–Crippen LogP) is 3.15. The largest absolute Gasteiger partial charge is 0.326 e. The van der Waals surface area contributed by atoms with Crippen molar-refractivity contribution in [2.75, 3.05) is 6.54 Å². The molecule has 0 aromatic heterocycles. The van der Waals surface area contributed by atoms with Crippen LogP contribution in [0.25, 0.3) is 0 Å². The predicted molar refractivity (Wildman–Crippen MR) is 75.4 cm³/mol. The lowest BCUT2D eigenvalue weighted by molar-refractivity contribution is 0.175. The van der Waals surface area contributed by atoms with Gasteiger partial charge in [0.2, 0.25) is 0 Å². The molecule has 2 atom stereocenters. The molecule has 104 valence electrons. The van der Waals surface area contributed by atoms with Crippen LogP contribution >= 0.6 is 0 Å². The first-order valence-electron chi connectivity index (χ1n) is 7.44. The van der Waals surface area contributed by atoms with Crippen LogP contribution in [0, 0.1) is 12.7 Å². The molecule has 1 aromatic rings. The molecule has 0 spiro atoms. The van der Waals surface area contributed by atoms with Gasteiger partial charge in [0.25, 0.3) is 0 Å². The molecule has 1 aliphatic heterocycles. The smallest absolute Gasteiger partial charge is 0.126 e. The fraction of sp³-hybridized carbons (Fsp3) is 0.625. The summed E-state index contributed by atoms with van der Waals surface area (Å²) < 4.78 is 13.8.